The third kappa shape index (κ3) is 5.50. The lowest BCUT2D eigenvalue weighted by atomic mass is 9.93. The average molecular weight is 342 g/mol. The van der Waals surface area contributed by atoms with Gasteiger partial charge in [-0.3, -0.25) is 0 Å². The third-order valence-corrected chi connectivity index (χ3v) is 4.62. The maximum Gasteiger partial charge on any atom is 0.131 e. The van der Waals surface area contributed by atoms with Crippen LogP contribution in [0.15, 0.2) is 41.5 Å². The maximum atomic E-state index is 10.0. The van der Waals surface area contributed by atoms with Gasteiger partial charge in [-0.05, 0) is 83.2 Å². The van der Waals surface area contributed by atoms with Crippen molar-refractivity contribution in [1.29, 1.82) is 0 Å². The van der Waals surface area contributed by atoms with Gasteiger partial charge in [-0.1, -0.05) is 23.3 Å². The number of hydrogen-bond acceptors (Lipinski definition) is 3. The quantitative estimate of drug-likeness (QED) is 0.660. The number of phenols is 1. The molecular weight excluding hydrogens is 312 g/mol. The predicted molar refractivity (Wildman–Crippen MR) is 104 cm³/mol. The zero-order valence-electron chi connectivity index (χ0n) is 15.8. The molecule has 0 saturated heterocycles. The van der Waals surface area contributed by atoms with Crippen LogP contribution in [0.3, 0.4) is 0 Å². The molecule has 25 heavy (non-hydrogen) atoms. The number of aryl methyl sites for hydroxylation is 1. The topological polar surface area (TPSA) is 49.7 Å². The minimum Gasteiger partial charge on any atom is -0.507 e. The number of fused-ring (bicyclic) bond motifs is 1. The molecule has 1 aromatic carbocycles. The summed E-state index contributed by atoms with van der Waals surface area (Å²) in [7, 11) is 0. The number of hydrogen-bond donors (Lipinski definition) is 2. The number of allylic oxidation sites excluding steroid dienone is 3. The summed E-state index contributed by atoms with van der Waals surface area (Å²) in [4.78, 5) is 0. The first kappa shape index (κ1) is 19.3. The van der Waals surface area contributed by atoms with E-state index in [1.807, 2.05) is 32.1 Å². The number of ether oxygens (including phenoxy) is 1. The average Bonchev–Trinajstić information content (AvgIpc) is 2.53. The SMILES string of the molecule is C/C(=C\CC/C(C)=C/CC[C@]1(C)C=Cc2c(O)cc(C)cc2O1)CO. The molecule has 3 nitrogen and oxygen atoms in total. The molecule has 0 aromatic heterocycles. The largest absolute Gasteiger partial charge is 0.507 e. The summed E-state index contributed by atoms with van der Waals surface area (Å²) < 4.78 is 6.18. The van der Waals surface area contributed by atoms with Gasteiger partial charge in [0.25, 0.3) is 0 Å². The Bertz CT molecular complexity index is 697. The normalized spacial score (nSPS) is 20.4. The molecule has 136 valence electrons. The van der Waals surface area contributed by atoms with Gasteiger partial charge in [-0.25, -0.2) is 0 Å². The zero-order valence-corrected chi connectivity index (χ0v) is 15.8. The minimum absolute atomic E-state index is 0.140. The second kappa shape index (κ2) is 8.39. The second-order valence-electron chi connectivity index (χ2n) is 7.28. The van der Waals surface area contributed by atoms with Crippen molar-refractivity contribution in [3.8, 4) is 11.5 Å². The van der Waals surface area contributed by atoms with E-state index in [1.165, 1.54) is 5.57 Å². The van der Waals surface area contributed by atoms with Crippen molar-refractivity contribution in [2.45, 2.75) is 59.0 Å². The number of aliphatic hydroxyl groups is 1. The summed E-state index contributed by atoms with van der Waals surface area (Å²) in [6.07, 6.45) is 12.2. The molecule has 1 aliphatic rings. The first-order valence-electron chi connectivity index (χ1n) is 8.97. The zero-order chi connectivity index (χ0) is 18.4. The van der Waals surface area contributed by atoms with E-state index in [-0.39, 0.29) is 18.0 Å². The van der Waals surface area contributed by atoms with E-state index in [1.54, 1.807) is 6.07 Å². The van der Waals surface area contributed by atoms with Gasteiger partial charge >= 0.3 is 0 Å². The second-order valence-corrected chi connectivity index (χ2v) is 7.28. The molecule has 0 saturated carbocycles. The lowest BCUT2D eigenvalue weighted by Gasteiger charge is -2.32. The van der Waals surface area contributed by atoms with Gasteiger partial charge in [0.1, 0.15) is 17.1 Å². The summed E-state index contributed by atoms with van der Waals surface area (Å²) in [5.74, 6) is 1.03. The molecular formula is C22H30O3. The highest BCUT2D eigenvalue weighted by Gasteiger charge is 2.27. The first-order chi connectivity index (χ1) is 11.8. The van der Waals surface area contributed by atoms with Crippen molar-refractivity contribution < 1.29 is 14.9 Å². The molecule has 1 aromatic rings. The van der Waals surface area contributed by atoms with E-state index >= 15 is 0 Å². The predicted octanol–water partition coefficient (Wildman–Crippen LogP) is 5.31. The number of benzene rings is 1. The molecule has 0 spiro atoms. The highest BCUT2D eigenvalue weighted by Crippen LogP contribution is 2.38. The Kier molecular flexibility index (Phi) is 6.49. The van der Waals surface area contributed by atoms with Gasteiger partial charge < -0.3 is 14.9 Å². The van der Waals surface area contributed by atoms with Crippen molar-refractivity contribution in [1.82, 2.24) is 0 Å². The van der Waals surface area contributed by atoms with Gasteiger partial charge in [0, 0.05) is 0 Å². The van der Waals surface area contributed by atoms with E-state index < -0.39 is 0 Å². The summed E-state index contributed by atoms with van der Waals surface area (Å²) in [6, 6.07) is 3.74. The fourth-order valence-corrected chi connectivity index (χ4v) is 2.99. The van der Waals surface area contributed by atoms with Crippen molar-refractivity contribution in [2.75, 3.05) is 6.61 Å². The van der Waals surface area contributed by atoms with Gasteiger partial charge in [0.05, 0.1) is 12.2 Å². The van der Waals surface area contributed by atoms with Crippen LogP contribution in [-0.2, 0) is 0 Å². The number of rotatable bonds is 7. The van der Waals surface area contributed by atoms with Crippen LogP contribution >= 0.6 is 0 Å². The van der Waals surface area contributed by atoms with Gasteiger partial charge in [0.15, 0.2) is 0 Å². The van der Waals surface area contributed by atoms with Crippen molar-refractivity contribution in [2.24, 2.45) is 0 Å². The fraction of sp³-hybridized carbons (Fsp3) is 0.455. The van der Waals surface area contributed by atoms with Crippen molar-refractivity contribution in [3.63, 3.8) is 0 Å². The minimum atomic E-state index is -0.350. The number of phenolic OH excluding ortho intramolecular Hbond substituents is 1. The van der Waals surface area contributed by atoms with Crippen LogP contribution < -0.4 is 4.74 Å². The summed E-state index contributed by atoms with van der Waals surface area (Å²) in [5, 5.41) is 19.0. The van der Waals surface area contributed by atoms with Crippen LogP contribution in [0.4, 0.5) is 0 Å². The molecule has 0 radical (unpaired) electrons. The van der Waals surface area contributed by atoms with E-state index in [0.29, 0.717) is 0 Å². The van der Waals surface area contributed by atoms with E-state index in [2.05, 4.69) is 26.0 Å². The Balaban J connectivity index is 1.92. The van der Waals surface area contributed by atoms with Crippen LogP contribution in [0, 0.1) is 6.92 Å². The molecule has 1 heterocycles. The highest BCUT2D eigenvalue weighted by molar-refractivity contribution is 5.67. The van der Waals surface area contributed by atoms with Gasteiger partial charge in [0.2, 0.25) is 0 Å². The maximum absolute atomic E-state index is 10.0. The van der Waals surface area contributed by atoms with Crippen molar-refractivity contribution in [3.05, 3.63) is 52.6 Å². The Morgan fingerprint density at radius 2 is 1.88 bits per heavy atom. The highest BCUT2D eigenvalue weighted by atomic mass is 16.5. The summed E-state index contributed by atoms with van der Waals surface area (Å²) >= 11 is 0. The van der Waals surface area contributed by atoms with Gasteiger partial charge in [-0.15, -0.1) is 0 Å². The lowest BCUT2D eigenvalue weighted by molar-refractivity contribution is 0.128. The summed E-state index contributed by atoms with van der Waals surface area (Å²) in [6.45, 7) is 8.28. The number of aromatic hydroxyl groups is 1. The standard InChI is InChI=1S/C22H30O3/c1-16(7-5-8-17(2)15-23)9-6-11-22(4)12-10-19-20(24)13-18(3)14-21(19)25-22/h8-10,12-14,23-24H,5-7,11,15H2,1-4H3/b16-9+,17-8+/t22-/m1/s1. The molecule has 0 unspecified atom stereocenters. The Morgan fingerprint density at radius 1 is 1.16 bits per heavy atom. The number of aliphatic hydroxyl groups excluding tert-OH is 1. The van der Waals surface area contributed by atoms with Crippen LogP contribution in [0.1, 0.15) is 57.6 Å². The smallest absolute Gasteiger partial charge is 0.131 e. The first-order valence-corrected chi connectivity index (χ1v) is 8.97. The lowest BCUT2D eigenvalue weighted by Crippen LogP contribution is -2.31. The van der Waals surface area contributed by atoms with E-state index in [4.69, 9.17) is 9.84 Å². The monoisotopic (exact) mass is 342 g/mol. The fourth-order valence-electron chi connectivity index (χ4n) is 2.99. The molecule has 1 atom stereocenters. The van der Waals surface area contributed by atoms with E-state index in [9.17, 15) is 5.11 Å². The molecule has 1 aliphatic heterocycles. The van der Waals surface area contributed by atoms with Crippen LogP contribution in [-0.4, -0.2) is 22.4 Å². The van der Waals surface area contributed by atoms with Crippen LogP contribution in [0.25, 0.3) is 6.08 Å². The Hall–Kier alpha value is -2.00. The van der Waals surface area contributed by atoms with E-state index in [0.717, 1.165) is 48.1 Å². The van der Waals surface area contributed by atoms with Gasteiger partial charge in [-0.2, -0.15) is 0 Å². The van der Waals surface area contributed by atoms with Crippen LogP contribution in [0.2, 0.25) is 0 Å². The van der Waals surface area contributed by atoms with Crippen LogP contribution in [0.5, 0.6) is 11.5 Å². The molecule has 3 heteroatoms. The van der Waals surface area contributed by atoms with Crippen molar-refractivity contribution >= 4 is 6.08 Å². The molecule has 0 aliphatic carbocycles. The molecule has 0 bridgehead atoms. The molecule has 2 N–H and O–H groups in total. The summed E-state index contributed by atoms with van der Waals surface area (Å²) in [5.41, 5.74) is 3.80. The molecule has 0 fully saturated rings. The third-order valence-electron chi connectivity index (χ3n) is 4.62. The Labute approximate surface area is 151 Å². The molecule has 0 amide bonds. The Morgan fingerprint density at radius 3 is 2.60 bits per heavy atom. The molecule has 2 rings (SSSR count).